The zero-order valence-electron chi connectivity index (χ0n) is 20.8. The van der Waals surface area contributed by atoms with Crippen molar-refractivity contribution in [1.29, 1.82) is 0 Å². The van der Waals surface area contributed by atoms with Gasteiger partial charge in [-0.2, -0.15) is 5.10 Å². The first-order chi connectivity index (χ1) is 17.3. The Morgan fingerprint density at radius 3 is 2.33 bits per heavy atom. The van der Waals surface area contributed by atoms with E-state index in [1.165, 1.54) is 22.9 Å². The van der Waals surface area contributed by atoms with Crippen LogP contribution in [0.25, 0.3) is 11.0 Å². The SMILES string of the molecule is CC(C)(C)n1ncc2c(=O)n3c(nc21)SCC3CC(=O)NCCC(c1ccccc1)c1ccccc1. The molecule has 8 heteroatoms. The van der Waals surface area contributed by atoms with Gasteiger partial charge in [-0.3, -0.25) is 14.2 Å². The van der Waals surface area contributed by atoms with Gasteiger partial charge in [0.15, 0.2) is 10.8 Å². The van der Waals surface area contributed by atoms with Crippen molar-refractivity contribution in [1.82, 2.24) is 24.6 Å². The fourth-order valence-corrected chi connectivity index (χ4v) is 5.94. The van der Waals surface area contributed by atoms with E-state index in [9.17, 15) is 9.59 Å². The van der Waals surface area contributed by atoms with Gasteiger partial charge in [0, 0.05) is 24.6 Å². The smallest absolute Gasteiger partial charge is 0.265 e. The average molecular weight is 502 g/mol. The summed E-state index contributed by atoms with van der Waals surface area (Å²) in [6.45, 7) is 6.66. The first kappa shape index (κ1) is 24.3. The second-order valence-corrected chi connectivity index (χ2v) is 11.2. The summed E-state index contributed by atoms with van der Waals surface area (Å²) in [7, 11) is 0. The van der Waals surface area contributed by atoms with Crippen LogP contribution in [0.4, 0.5) is 0 Å². The van der Waals surface area contributed by atoms with Crippen LogP contribution in [0.15, 0.2) is 76.8 Å². The average Bonchev–Trinajstić information content (AvgIpc) is 3.48. The molecule has 0 saturated heterocycles. The molecule has 1 unspecified atom stereocenters. The standard InChI is InChI=1S/C28H31N5O2S/c1-28(2,3)33-25-23(17-30-33)26(35)32-21(18-36-27(32)31-25)16-24(34)29-15-14-22(19-10-6-4-7-11-19)20-12-8-5-9-13-20/h4-13,17,21-22H,14-16,18H2,1-3H3,(H,29,34). The monoisotopic (exact) mass is 501 g/mol. The summed E-state index contributed by atoms with van der Waals surface area (Å²) in [6.07, 6.45) is 2.64. The van der Waals surface area contributed by atoms with Crippen LogP contribution in [0.2, 0.25) is 0 Å². The van der Waals surface area contributed by atoms with Crippen LogP contribution in [0, 0.1) is 0 Å². The predicted molar refractivity (Wildman–Crippen MR) is 144 cm³/mol. The van der Waals surface area contributed by atoms with Gasteiger partial charge >= 0.3 is 0 Å². The number of carbonyl (C=O) groups is 1. The number of fused-ring (bicyclic) bond motifs is 2. The highest BCUT2D eigenvalue weighted by Gasteiger charge is 2.30. The molecule has 7 nitrogen and oxygen atoms in total. The van der Waals surface area contributed by atoms with Crippen LogP contribution < -0.4 is 10.9 Å². The summed E-state index contributed by atoms with van der Waals surface area (Å²) >= 11 is 1.52. The molecule has 0 saturated carbocycles. The molecule has 2 aromatic carbocycles. The van der Waals surface area contributed by atoms with Gasteiger partial charge in [0.1, 0.15) is 5.39 Å². The van der Waals surface area contributed by atoms with E-state index in [2.05, 4.69) is 34.7 Å². The maximum absolute atomic E-state index is 13.3. The van der Waals surface area contributed by atoms with Gasteiger partial charge in [-0.1, -0.05) is 72.4 Å². The molecular weight excluding hydrogens is 470 g/mol. The van der Waals surface area contributed by atoms with Gasteiger partial charge in [-0.15, -0.1) is 0 Å². The quantitative estimate of drug-likeness (QED) is 0.371. The highest BCUT2D eigenvalue weighted by Crippen LogP contribution is 2.34. The van der Waals surface area contributed by atoms with Crippen molar-refractivity contribution in [2.75, 3.05) is 12.3 Å². The molecule has 1 atom stereocenters. The number of nitrogens with one attached hydrogen (secondary N) is 1. The van der Waals surface area contributed by atoms with E-state index in [4.69, 9.17) is 4.98 Å². The molecule has 1 aliphatic heterocycles. The van der Waals surface area contributed by atoms with E-state index in [0.717, 1.165) is 6.42 Å². The number of nitrogens with zero attached hydrogens (tertiary/aromatic N) is 4. The fourth-order valence-electron chi connectivity index (χ4n) is 4.81. The molecule has 36 heavy (non-hydrogen) atoms. The van der Waals surface area contributed by atoms with Crippen molar-refractivity contribution in [3.05, 3.63) is 88.3 Å². The third kappa shape index (κ3) is 4.82. The van der Waals surface area contributed by atoms with Crippen molar-refractivity contribution in [3.8, 4) is 0 Å². The van der Waals surface area contributed by atoms with Crippen LogP contribution in [-0.2, 0) is 10.3 Å². The second-order valence-electron chi connectivity index (χ2n) is 10.2. The van der Waals surface area contributed by atoms with Gasteiger partial charge in [-0.05, 0) is 38.3 Å². The van der Waals surface area contributed by atoms with Crippen LogP contribution in [-0.4, -0.2) is 37.5 Å². The molecule has 1 N–H and O–H groups in total. The zero-order chi connectivity index (χ0) is 25.3. The molecule has 5 rings (SSSR count). The molecule has 1 aliphatic rings. The molecule has 0 spiro atoms. The molecule has 2 aromatic heterocycles. The van der Waals surface area contributed by atoms with Crippen molar-refractivity contribution in [3.63, 3.8) is 0 Å². The summed E-state index contributed by atoms with van der Waals surface area (Å²) in [5.74, 6) is 0.808. The van der Waals surface area contributed by atoms with Gasteiger partial charge in [-0.25, -0.2) is 9.67 Å². The predicted octanol–water partition coefficient (Wildman–Crippen LogP) is 4.72. The second kappa shape index (κ2) is 9.93. The Balaban J connectivity index is 1.27. The third-order valence-corrected chi connectivity index (χ3v) is 7.68. The number of thioether (sulfide) groups is 1. The molecular formula is C28H31N5O2S. The lowest BCUT2D eigenvalue weighted by Crippen LogP contribution is -2.32. The van der Waals surface area contributed by atoms with Gasteiger partial charge in [0.2, 0.25) is 5.91 Å². The van der Waals surface area contributed by atoms with Crippen molar-refractivity contribution >= 4 is 28.7 Å². The van der Waals surface area contributed by atoms with Crippen molar-refractivity contribution in [2.45, 2.75) is 56.3 Å². The lowest BCUT2D eigenvalue weighted by atomic mass is 9.88. The molecule has 3 heterocycles. The lowest BCUT2D eigenvalue weighted by molar-refractivity contribution is -0.121. The Labute approximate surface area is 214 Å². The number of amides is 1. The van der Waals surface area contributed by atoms with E-state index < -0.39 is 0 Å². The van der Waals surface area contributed by atoms with Gasteiger partial charge < -0.3 is 5.32 Å². The first-order valence-corrected chi connectivity index (χ1v) is 13.3. The van der Waals surface area contributed by atoms with E-state index in [1.54, 1.807) is 15.4 Å². The van der Waals surface area contributed by atoms with Crippen LogP contribution in [0.1, 0.15) is 56.7 Å². The molecule has 0 fully saturated rings. The van der Waals surface area contributed by atoms with E-state index in [1.807, 2.05) is 57.2 Å². The summed E-state index contributed by atoms with van der Waals surface area (Å²) in [4.78, 5) is 30.9. The van der Waals surface area contributed by atoms with Crippen LogP contribution >= 0.6 is 11.8 Å². The Morgan fingerprint density at radius 1 is 1.08 bits per heavy atom. The van der Waals surface area contributed by atoms with Crippen LogP contribution in [0.5, 0.6) is 0 Å². The number of aromatic nitrogens is 4. The van der Waals surface area contributed by atoms with Gasteiger partial charge in [0.25, 0.3) is 5.56 Å². The van der Waals surface area contributed by atoms with Crippen molar-refractivity contribution in [2.24, 2.45) is 0 Å². The number of carbonyl (C=O) groups excluding carboxylic acids is 1. The highest BCUT2D eigenvalue weighted by atomic mass is 32.2. The molecule has 0 radical (unpaired) electrons. The van der Waals surface area contributed by atoms with Gasteiger partial charge in [0.05, 0.1) is 17.8 Å². The maximum Gasteiger partial charge on any atom is 0.265 e. The largest absolute Gasteiger partial charge is 0.356 e. The summed E-state index contributed by atoms with van der Waals surface area (Å²) in [6, 6.07) is 20.5. The Bertz CT molecular complexity index is 1380. The molecule has 0 bridgehead atoms. The maximum atomic E-state index is 13.3. The van der Waals surface area contributed by atoms with E-state index >= 15 is 0 Å². The number of rotatable bonds is 7. The minimum Gasteiger partial charge on any atom is -0.356 e. The minimum absolute atomic E-state index is 0.0503. The molecule has 0 aliphatic carbocycles. The lowest BCUT2D eigenvalue weighted by Gasteiger charge is -2.20. The van der Waals surface area contributed by atoms with Crippen molar-refractivity contribution < 1.29 is 4.79 Å². The zero-order valence-corrected chi connectivity index (χ0v) is 21.7. The summed E-state index contributed by atoms with van der Waals surface area (Å²) in [5.41, 5.74) is 2.67. The van der Waals surface area contributed by atoms with Crippen LogP contribution in [0.3, 0.4) is 0 Å². The Morgan fingerprint density at radius 2 is 1.72 bits per heavy atom. The highest BCUT2D eigenvalue weighted by molar-refractivity contribution is 7.99. The number of hydrogen-bond donors (Lipinski definition) is 1. The molecule has 1 amide bonds. The van der Waals surface area contributed by atoms with E-state index in [0.29, 0.717) is 28.5 Å². The summed E-state index contributed by atoms with van der Waals surface area (Å²) in [5, 5.41) is 8.66. The third-order valence-electron chi connectivity index (χ3n) is 6.59. The Hall–Kier alpha value is -3.39. The summed E-state index contributed by atoms with van der Waals surface area (Å²) < 4.78 is 3.47. The minimum atomic E-state index is -0.278. The number of benzene rings is 2. The Kier molecular flexibility index (Phi) is 6.71. The first-order valence-electron chi connectivity index (χ1n) is 12.3. The van der Waals surface area contributed by atoms with E-state index in [-0.39, 0.29) is 35.4 Å². The molecule has 186 valence electrons. The topological polar surface area (TPSA) is 81.8 Å². The molecule has 4 aromatic rings. The normalized spacial score (nSPS) is 15.4. The fraction of sp³-hybridized carbons (Fsp3) is 0.357. The number of hydrogen-bond acceptors (Lipinski definition) is 5.